The quantitative estimate of drug-likeness (QED) is 0.712. The second-order valence-electron chi connectivity index (χ2n) is 5.34. The molecule has 0 unspecified atom stereocenters. The van der Waals surface area contributed by atoms with Crippen LogP contribution in [0.2, 0.25) is 5.02 Å². The summed E-state index contributed by atoms with van der Waals surface area (Å²) in [5, 5.41) is 4.34. The van der Waals surface area contributed by atoms with Gasteiger partial charge < -0.3 is 15.2 Å². The predicted molar refractivity (Wildman–Crippen MR) is 92.5 cm³/mol. The lowest BCUT2D eigenvalue weighted by Gasteiger charge is -2.14. The van der Waals surface area contributed by atoms with Crippen LogP contribution in [-0.2, 0) is 6.54 Å². The van der Waals surface area contributed by atoms with Gasteiger partial charge in [0.1, 0.15) is 12.0 Å². The normalized spacial score (nSPS) is 12.8. The molecule has 0 atom stereocenters. The molecule has 0 saturated carbocycles. The van der Waals surface area contributed by atoms with Crippen LogP contribution in [0.25, 0.3) is 17.2 Å². The fourth-order valence-electron chi connectivity index (χ4n) is 2.73. The molecule has 3 heterocycles. The lowest BCUT2D eigenvalue weighted by Crippen LogP contribution is -2.25. The molecule has 0 aliphatic carbocycles. The Balaban J connectivity index is 0.000000880. The van der Waals surface area contributed by atoms with Gasteiger partial charge in [-0.1, -0.05) is 22.8 Å². The van der Waals surface area contributed by atoms with E-state index in [1.807, 2.05) is 16.7 Å². The zero-order chi connectivity index (χ0) is 18.1. The number of nitrogens with two attached hydrogens (primary N) is 1. The molecule has 0 saturated heterocycles. The molecule has 4 rings (SSSR count). The molecule has 1 aliphatic rings. The number of benzene rings is 1. The molecule has 9 heteroatoms. The van der Waals surface area contributed by atoms with E-state index in [0.717, 1.165) is 5.69 Å². The number of amides is 1. The van der Waals surface area contributed by atoms with Crippen LogP contribution < -0.4 is 5.73 Å². The van der Waals surface area contributed by atoms with Crippen molar-refractivity contribution in [3.63, 3.8) is 0 Å². The number of aromatic nitrogens is 4. The molecule has 1 aromatic carbocycles. The van der Waals surface area contributed by atoms with Crippen molar-refractivity contribution in [2.24, 2.45) is 5.73 Å². The van der Waals surface area contributed by atoms with Crippen LogP contribution in [0, 0.1) is 6.92 Å². The predicted octanol–water partition coefficient (Wildman–Crippen LogP) is 2.04. The molecule has 0 spiro atoms. The van der Waals surface area contributed by atoms with Gasteiger partial charge in [-0.05, 0) is 19.2 Å². The number of halogens is 1. The number of rotatable bonds is 1. The molecule has 0 fully saturated rings. The van der Waals surface area contributed by atoms with Crippen LogP contribution in [0.1, 0.15) is 21.9 Å². The van der Waals surface area contributed by atoms with Gasteiger partial charge in [0.05, 0.1) is 28.5 Å². The SMILES string of the molecule is CN.Cc1nc(-c2ncn3c2CN(C)C(=O)c2c(Cl)cccc2-3)no1. The van der Waals surface area contributed by atoms with Gasteiger partial charge in [0.25, 0.3) is 5.91 Å². The number of fused-ring (bicyclic) bond motifs is 3. The maximum Gasteiger partial charge on any atom is 0.257 e. The third-order valence-electron chi connectivity index (χ3n) is 3.80. The minimum atomic E-state index is -0.135. The first-order valence-corrected chi connectivity index (χ1v) is 7.93. The Morgan fingerprint density at radius 2 is 2.08 bits per heavy atom. The number of aryl methyl sites for hydroxylation is 1. The standard InChI is InChI=1S/C15H12ClN5O2.CH5N/c1-8-18-14(19-23-8)13-11-6-20(2)15(22)12-9(16)4-3-5-10(12)21(11)7-17-13;1-2/h3-5,7H,6H2,1-2H3;2H2,1H3. The van der Waals surface area contributed by atoms with Gasteiger partial charge in [-0.15, -0.1) is 0 Å². The van der Waals surface area contributed by atoms with Crippen LogP contribution in [0.5, 0.6) is 0 Å². The average molecular weight is 361 g/mol. The van der Waals surface area contributed by atoms with E-state index in [1.54, 1.807) is 31.3 Å². The van der Waals surface area contributed by atoms with Gasteiger partial charge in [-0.3, -0.25) is 9.36 Å². The third-order valence-corrected chi connectivity index (χ3v) is 4.12. The molecule has 3 aromatic rings. The summed E-state index contributed by atoms with van der Waals surface area (Å²) in [4.78, 5) is 22.9. The topological polar surface area (TPSA) is 103 Å². The molecule has 0 bridgehead atoms. The largest absolute Gasteiger partial charge is 0.339 e. The zero-order valence-electron chi connectivity index (χ0n) is 14.0. The third kappa shape index (κ3) is 2.79. The van der Waals surface area contributed by atoms with Crippen LogP contribution >= 0.6 is 11.6 Å². The summed E-state index contributed by atoms with van der Waals surface area (Å²) in [6, 6.07) is 5.36. The van der Waals surface area contributed by atoms with Crippen LogP contribution in [0.15, 0.2) is 29.0 Å². The average Bonchev–Trinajstić information content (AvgIpc) is 3.19. The van der Waals surface area contributed by atoms with E-state index in [-0.39, 0.29) is 5.91 Å². The molecular formula is C16H17ClN6O2. The van der Waals surface area contributed by atoms with E-state index in [1.165, 1.54) is 7.05 Å². The van der Waals surface area contributed by atoms with Crippen molar-refractivity contribution >= 4 is 17.5 Å². The summed E-state index contributed by atoms with van der Waals surface area (Å²) in [7, 11) is 3.23. The van der Waals surface area contributed by atoms with E-state index < -0.39 is 0 Å². The minimum absolute atomic E-state index is 0.135. The van der Waals surface area contributed by atoms with Gasteiger partial charge in [-0.2, -0.15) is 4.98 Å². The van der Waals surface area contributed by atoms with Crippen molar-refractivity contribution in [3.8, 4) is 17.2 Å². The number of nitrogens with zero attached hydrogens (tertiary/aromatic N) is 5. The fraction of sp³-hybridized carbons (Fsp3) is 0.250. The van der Waals surface area contributed by atoms with E-state index in [4.69, 9.17) is 16.1 Å². The van der Waals surface area contributed by atoms with Crippen molar-refractivity contribution < 1.29 is 9.32 Å². The van der Waals surface area contributed by atoms with Gasteiger partial charge in [-0.25, -0.2) is 4.98 Å². The molecule has 0 radical (unpaired) electrons. The molecule has 130 valence electrons. The highest BCUT2D eigenvalue weighted by Gasteiger charge is 2.29. The van der Waals surface area contributed by atoms with Crippen molar-refractivity contribution in [2.45, 2.75) is 13.5 Å². The van der Waals surface area contributed by atoms with E-state index >= 15 is 0 Å². The first-order valence-electron chi connectivity index (χ1n) is 7.55. The molecule has 8 nitrogen and oxygen atoms in total. The molecule has 1 amide bonds. The summed E-state index contributed by atoms with van der Waals surface area (Å²) >= 11 is 6.25. The zero-order valence-corrected chi connectivity index (χ0v) is 14.8. The van der Waals surface area contributed by atoms with Gasteiger partial charge >= 0.3 is 0 Å². The Labute approximate surface area is 149 Å². The van der Waals surface area contributed by atoms with Crippen LogP contribution in [-0.4, -0.2) is 44.6 Å². The smallest absolute Gasteiger partial charge is 0.257 e. The van der Waals surface area contributed by atoms with Crippen molar-refractivity contribution in [1.82, 2.24) is 24.6 Å². The maximum absolute atomic E-state index is 12.6. The first kappa shape index (κ1) is 17.1. The highest BCUT2D eigenvalue weighted by atomic mass is 35.5. The van der Waals surface area contributed by atoms with Gasteiger partial charge in [0.15, 0.2) is 0 Å². The summed E-state index contributed by atoms with van der Waals surface area (Å²) in [5.74, 6) is 0.732. The highest BCUT2D eigenvalue weighted by Crippen LogP contribution is 2.32. The summed E-state index contributed by atoms with van der Waals surface area (Å²) in [6.07, 6.45) is 1.65. The van der Waals surface area contributed by atoms with Crippen molar-refractivity contribution in [2.75, 3.05) is 14.1 Å². The number of hydrogen-bond donors (Lipinski definition) is 1. The molecule has 25 heavy (non-hydrogen) atoms. The fourth-order valence-corrected chi connectivity index (χ4v) is 2.98. The van der Waals surface area contributed by atoms with Crippen LogP contribution in [0.3, 0.4) is 0 Å². The summed E-state index contributed by atoms with van der Waals surface area (Å²) in [5.41, 5.74) is 7.06. The van der Waals surface area contributed by atoms with Crippen molar-refractivity contribution in [1.29, 1.82) is 0 Å². The van der Waals surface area contributed by atoms with E-state index in [2.05, 4.69) is 20.9 Å². The van der Waals surface area contributed by atoms with Crippen LogP contribution in [0.4, 0.5) is 0 Å². The Morgan fingerprint density at radius 3 is 2.76 bits per heavy atom. The molecule has 1 aliphatic heterocycles. The second-order valence-corrected chi connectivity index (χ2v) is 5.75. The van der Waals surface area contributed by atoms with Gasteiger partial charge in [0.2, 0.25) is 11.7 Å². The minimum Gasteiger partial charge on any atom is -0.339 e. The Kier molecular flexibility index (Phi) is 4.56. The lowest BCUT2D eigenvalue weighted by atomic mass is 10.1. The summed E-state index contributed by atoms with van der Waals surface area (Å²) < 4.78 is 6.89. The van der Waals surface area contributed by atoms with E-state index in [0.29, 0.717) is 40.2 Å². The molecular weight excluding hydrogens is 344 g/mol. The number of carbonyl (C=O) groups excluding carboxylic acids is 1. The Hall–Kier alpha value is -2.71. The lowest BCUT2D eigenvalue weighted by molar-refractivity contribution is 0.0788. The molecule has 2 N–H and O–H groups in total. The second kappa shape index (κ2) is 6.66. The van der Waals surface area contributed by atoms with Gasteiger partial charge in [0, 0.05) is 14.0 Å². The number of hydrogen-bond acceptors (Lipinski definition) is 6. The number of imidazole rings is 1. The molecule has 2 aromatic heterocycles. The summed E-state index contributed by atoms with van der Waals surface area (Å²) in [6.45, 7) is 2.09. The highest BCUT2D eigenvalue weighted by molar-refractivity contribution is 6.34. The number of carbonyl (C=O) groups is 1. The monoisotopic (exact) mass is 360 g/mol. The Morgan fingerprint density at radius 1 is 1.32 bits per heavy atom. The van der Waals surface area contributed by atoms with E-state index in [9.17, 15) is 4.79 Å². The van der Waals surface area contributed by atoms with Crippen molar-refractivity contribution in [3.05, 3.63) is 46.7 Å². The Bertz CT molecular complexity index is 933. The first-order chi connectivity index (χ1) is 12.1. The maximum atomic E-state index is 12.6.